The van der Waals surface area contributed by atoms with Crippen LogP contribution in [0.1, 0.15) is 31.1 Å². The van der Waals surface area contributed by atoms with E-state index in [1.165, 1.54) is 6.08 Å². The number of ether oxygens (including phenoxy) is 7. The van der Waals surface area contributed by atoms with E-state index >= 15 is 0 Å². The molecule has 242 valence electrons. The Bertz CT molecular complexity index is 1610. The van der Waals surface area contributed by atoms with Gasteiger partial charge in [-0.1, -0.05) is 60.7 Å². The Kier molecular flexibility index (Phi) is 11.4. The molecule has 47 heavy (non-hydrogen) atoms. The second-order valence-electron chi connectivity index (χ2n) is 10.4. The predicted molar refractivity (Wildman–Crippen MR) is 170 cm³/mol. The Morgan fingerprint density at radius 3 is 1.66 bits per heavy atom. The molecule has 5 rings (SSSR count). The number of hydrogen-bond donors (Lipinski definition) is 0. The first-order valence-electron chi connectivity index (χ1n) is 14.9. The Hall–Kier alpha value is -5.45. The molecule has 0 amide bonds. The average molecular weight is 639 g/mol. The van der Waals surface area contributed by atoms with Gasteiger partial charge in [-0.15, -0.1) is 6.58 Å². The van der Waals surface area contributed by atoms with E-state index in [2.05, 4.69) is 6.58 Å². The van der Waals surface area contributed by atoms with Crippen molar-refractivity contribution in [1.82, 2.24) is 0 Å². The predicted octanol–water partition coefficient (Wildman–Crippen LogP) is 5.68. The summed E-state index contributed by atoms with van der Waals surface area (Å²) in [6.07, 6.45) is -4.54. The van der Waals surface area contributed by atoms with Gasteiger partial charge in [0.1, 0.15) is 30.3 Å². The average Bonchev–Trinajstić information content (AvgIpc) is 3.12. The molecule has 0 saturated carbocycles. The van der Waals surface area contributed by atoms with Gasteiger partial charge >= 0.3 is 17.9 Å². The summed E-state index contributed by atoms with van der Waals surface area (Å²) in [6, 6.07) is 31.8. The Labute approximate surface area is 272 Å². The highest BCUT2D eigenvalue weighted by Gasteiger charge is 2.52. The molecular weight excluding hydrogens is 604 g/mol. The molecule has 1 fully saturated rings. The zero-order chi connectivity index (χ0) is 33.0. The van der Waals surface area contributed by atoms with Crippen LogP contribution in [0.3, 0.4) is 0 Å². The minimum atomic E-state index is -1.29. The topological polar surface area (TPSA) is 116 Å². The standard InChI is InChI=1S/C37H34O10/c1-3-23-42-32-31(46-35(39)26-15-9-5-10-16-26)30(24-43-34(38)25-13-7-4-8-14-25)45-37(44-29-21-19-28(41-2)20-22-29)33(32)47-36(40)27-17-11-6-12-18-27/h3-22,30-33,37H,1,23-24H2,2H3/t30-,31-,32+,33-,37+/m1/s1. The van der Waals surface area contributed by atoms with Crippen LogP contribution < -0.4 is 9.47 Å². The third-order valence-electron chi connectivity index (χ3n) is 7.20. The van der Waals surface area contributed by atoms with Crippen LogP contribution in [-0.2, 0) is 23.7 Å². The van der Waals surface area contributed by atoms with E-state index < -0.39 is 48.6 Å². The summed E-state index contributed by atoms with van der Waals surface area (Å²) in [5.41, 5.74) is 0.862. The van der Waals surface area contributed by atoms with Gasteiger partial charge in [-0.05, 0) is 60.7 Å². The fourth-order valence-corrected chi connectivity index (χ4v) is 4.88. The SMILES string of the molecule is C=CCO[C@@H]1[C@@H](OC(=O)c2ccccc2)[C@@H](Oc2ccc(OC)cc2)O[C@H](COC(=O)c2ccccc2)[C@H]1OC(=O)c1ccccc1. The molecule has 1 heterocycles. The van der Waals surface area contributed by atoms with E-state index in [1.807, 2.05) is 0 Å². The Balaban J connectivity index is 1.51. The lowest BCUT2D eigenvalue weighted by Gasteiger charge is -2.44. The molecule has 1 aliphatic heterocycles. The van der Waals surface area contributed by atoms with Gasteiger partial charge in [0, 0.05) is 0 Å². The second kappa shape index (κ2) is 16.2. The van der Waals surface area contributed by atoms with Gasteiger partial charge in [0.05, 0.1) is 30.4 Å². The maximum absolute atomic E-state index is 13.4. The van der Waals surface area contributed by atoms with Crippen LogP contribution >= 0.6 is 0 Å². The molecule has 0 unspecified atom stereocenters. The highest BCUT2D eigenvalue weighted by Crippen LogP contribution is 2.32. The zero-order valence-electron chi connectivity index (χ0n) is 25.6. The van der Waals surface area contributed by atoms with E-state index in [0.717, 1.165) is 0 Å². The van der Waals surface area contributed by atoms with Gasteiger partial charge in [0.25, 0.3) is 0 Å². The molecule has 0 aliphatic carbocycles. The van der Waals surface area contributed by atoms with Crippen molar-refractivity contribution >= 4 is 17.9 Å². The van der Waals surface area contributed by atoms with Crippen molar-refractivity contribution in [3.63, 3.8) is 0 Å². The van der Waals surface area contributed by atoms with E-state index in [0.29, 0.717) is 17.1 Å². The second-order valence-corrected chi connectivity index (χ2v) is 10.4. The van der Waals surface area contributed by atoms with Gasteiger partial charge in [-0.2, -0.15) is 0 Å². The molecular formula is C37H34O10. The van der Waals surface area contributed by atoms with Gasteiger partial charge in [0.2, 0.25) is 6.29 Å². The number of esters is 3. The monoisotopic (exact) mass is 638 g/mol. The number of carbonyl (C=O) groups excluding carboxylic acids is 3. The number of rotatable bonds is 13. The van der Waals surface area contributed by atoms with Crippen molar-refractivity contribution in [2.24, 2.45) is 0 Å². The minimum Gasteiger partial charge on any atom is -0.497 e. The van der Waals surface area contributed by atoms with Gasteiger partial charge in [-0.3, -0.25) is 0 Å². The van der Waals surface area contributed by atoms with E-state index in [9.17, 15) is 14.4 Å². The molecule has 1 saturated heterocycles. The fraction of sp³-hybridized carbons (Fsp3) is 0.216. The van der Waals surface area contributed by atoms with Crippen LogP contribution in [0.4, 0.5) is 0 Å². The summed E-state index contributed by atoms with van der Waals surface area (Å²) in [5.74, 6) is -1.03. The lowest BCUT2D eigenvalue weighted by Crippen LogP contribution is -2.63. The number of benzene rings is 4. The maximum Gasteiger partial charge on any atom is 0.338 e. The molecule has 1 aliphatic rings. The normalized spacial score (nSPS) is 20.3. The molecule has 0 N–H and O–H groups in total. The largest absolute Gasteiger partial charge is 0.497 e. The molecule has 4 aromatic rings. The minimum absolute atomic E-state index is 0.00474. The van der Waals surface area contributed by atoms with Crippen molar-refractivity contribution in [2.45, 2.75) is 30.7 Å². The van der Waals surface area contributed by atoms with Crippen LogP contribution in [0.5, 0.6) is 11.5 Å². The smallest absolute Gasteiger partial charge is 0.338 e. The molecule has 5 atom stereocenters. The zero-order valence-corrected chi connectivity index (χ0v) is 25.6. The van der Waals surface area contributed by atoms with Crippen molar-refractivity contribution < 1.29 is 47.5 Å². The molecule has 0 spiro atoms. The highest BCUT2D eigenvalue weighted by atomic mass is 16.7. The molecule has 0 radical (unpaired) electrons. The van der Waals surface area contributed by atoms with Crippen molar-refractivity contribution in [2.75, 3.05) is 20.3 Å². The first-order chi connectivity index (χ1) is 23.0. The Morgan fingerprint density at radius 2 is 1.15 bits per heavy atom. The first-order valence-corrected chi connectivity index (χ1v) is 14.9. The van der Waals surface area contributed by atoms with Crippen LogP contribution in [0.15, 0.2) is 128 Å². The fourth-order valence-electron chi connectivity index (χ4n) is 4.88. The summed E-state index contributed by atoms with van der Waals surface area (Å²) < 4.78 is 41.7. The Morgan fingerprint density at radius 1 is 0.660 bits per heavy atom. The van der Waals surface area contributed by atoms with Crippen molar-refractivity contribution in [3.8, 4) is 11.5 Å². The van der Waals surface area contributed by atoms with Crippen LogP contribution in [0, 0.1) is 0 Å². The summed E-state index contributed by atoms with van der Waals surface area (Å²) in [5, 5.41) is 0. The van der Waals surface area contributed by atoms with E-state index in [1.54, 1.807) is 122 Å². The van der Waals surface area contributed by atoms with Crippen LogP contribution in [-0.4, -0.2) is 68.9 Å². The third kappa shape index (κ3) is 8.63. The van der Waals surface area contributed by atoms with E-state index in [-0.39, 0.29) is 24.3 Å². The van der Waals surface area contributed by atoms with Crippen LogP contribution in [0.2, 0.25) is 0 Å². The number of hydrogen-bond acceptors (Lipinski definition) is 10. The van der Waals surface area contributed by atoms with E-state index in [4.69, 9.17) is 33.2 Å². The van der Waals surface area contributed by atoms with Gasteiger partial charge < -0.3 is 33.2 Å². The third-order valence-corrected chi connectivity index (χ3v) is 7.20. The molecule has 0 aromatic heterocycles. The van der Waals surface area contributed by atoms with Crippen molar-refractivity contribution in [3.05, 3.63) is 145 Å². The summed E-state index contributed by atoms with van der Waals surface area (Å²) >= 11 is 0. The lowest BCUT2D eigenvalue weighted by molar-refractivity contribution is -0.282. The number of carbonyl (C=O) groups is 3. The summed E-state index contributed by atoms with van der Waals surface area (Å²) in [6.45, 7) is 3.39. The molecule has 4 aromatic carbocycles. The lowest BCUT2D eigenvalue weighted by atomic mass is 9.97. The van der Waals surface area contributed by atoms with Gasteiger partial charge in [0.15, 0.2) is 12.2 Å². The molecule has 0 bridgehead atoms. The number of methoxy groups -OCH3 is 1. The summed E-state index contributed by atoms with van der Waals surface area (Å²) in [4.78, 5) is 39.8. The van der Waals surface area contributed by atoms with Gasteiger partial charge in [-0.25, -0.2) is 14.4 Å². The molecule has 10 heteroatoms. The highest BCUT2D eigenvalue weighted by molar-refractivity contribution is 5.90. The van der Waals surface area contributed by atoms with Crippen LogP contribution in [0.25, 0.3) is 0 Å². The summed E-state index contributed by atoms with van der Waals surface area (Å²) in [7, 11) is 1.54. The quantitative estimate of drug-likeness (QED) is 0.103. The first kappa shape index (κ1) is 32.9. The molecule has 10 nitrogen and oxygen atoms in total. The maximum atomic E-state index is 13.4. The van der Waals surface area contributed by atoms with Crippen molar-refractivity contribution in [1.29, 1.82) is 0 Å².